The van der Waals surface area contributed by atoms with Crippen LogP contribution in [0.5, 0.6) is 5.75 Å². The van der Waals surface area contributed by atoms with E-state index in [1.54, 1.807) is 26.0 Å². The first-order chi connectivity index (χ1) is 16.1. The first kappa shape index (κ1) is 24.7. The molecule has 0 amide bonds. The summed E-state index contributed by atoms with van der Waals surface area (Å²) in [7, 11) is 0. The molecule has 0 heterocycles. The van der Waals surface area contributed by atoms with Gasteiger partial charge in [0.25, 0.3) is 0 Å². The predicted octanol–water partition coefficient (Wildman–Crippen LogP) is 6.90. The first-order valence-electron chi connectivity index (χ1n) is 11.1. The quantitative estimate of drug-likeness (QED) is 0.211. The number of hydrogen-bond acceptors (Lipinski definition) is 4. The van der Waals surface area contributed by atoms with Crippen molar-refractivity contribution in [3.05, 3.63) is 103 Å². The van der Waals surface area contributed by atoms with E-state index in [0.717, 1.165) is 27.8 Å². The molecular weight excluding hydrogens is 424 g/mol. The van der Waals surface area contributed by atoms with Crippen LogP contribution in [0.3, 0.4) is 0 Å². The summed E-state index contributed by atoms with van der Waals surface area (Å²) in [6.07, 6.45) is 0. The van der Waals surface area contributed by atoms with Crippen LogP contribution in [-0.4, -0.2) is 18.5 Å². The molecule has 0 N–H and O–H groups in total. The van der Waals surface area contributed by atoms with Gasteiger partial charge in [-0.25, -0.2) is 9.59 Å². The van der Waals surface area contributed by atoms with E-state index in [9.17, 15) is 9.59 Å². The van der Waals surface area contributed by atoms with E-state index in [1.807, 2.05) is 26.0 Å². The molecule has 0 atom stereocenters. The number of carbonyl (C=O) groups excluding carboxylic acids is 2. The van der Waals surface area contributed by atoms with Crippen molar-refractivity contribution in [2.75, 3.05) is 6.61 Å². The van der Waals surface area contributed by atoms with Crippen LogP contribution in [-0.2, 0) is 19.7 Å². The van der Waals surface area contributed by atoms with Crippen LogP contribution < -0.4 is 4.74 Å². The third-order valence-electron chi connectivity index (χ3n) is 5.54. The molecule has 0 fully saturated rings. The molecule has 174 valence electrons. The van der Waals surface area contributed by atoms with Crippen molar-refractivity contribution >= 4 is 11.9 Å². The molecule has 3 aromatic rings. The van der Waals surface area contributed by atoms with Gasteiger partial charge in [-0.05, 0) is 53.8 Å². The molecule has 3 aromatic carbocycles. The van der Waals surface area contributed by atoms with E-state index in [4.69, 9.17) is 9.47 Å². The summed E-state index contributed by atoms with van der Waals surface area (Å²) >= 11 is 0. The molecule has 0 aromatic heterocycles. The fourth-order valence-electron chi connectivity index (χ4n) is 3.33. The Morgan fingerprint density at radius 1 is 0.676 bits per heavy atom. The summed E-state index contributed by atoms with van der Waals surface area (Å²) in [5, 5.41) is 0. The predicted molar refractivity (Wildman–Crippen MR) is 137 cm³/mol. The maximum Gasteiger partial charge on any atom is 0.338 e. The number of rotatable bonds is 8. The largest absolute Gasteiger partial charge is 0.461 e. The van der Waals surface area contributed by atoms with Crippen molar-refractivity contribution in [3.63, 3.8) is 0 Å². The highest BCUT2D eigenvalue weighted by molar-refractivity contribution is 5.89. The minimum Gasteiger partial charge on any atom is -0.461 e. The maximum atomic E-state index is 11.7. The third kappa shape index (κ3) is 6.10. The Bertz CT molecular complexity index is 1200. The van der Waals surface area contributed by atoms with E-state index in [-0.39, 0.29) is 18.0 Å². The highest BCUT2D eigenvalue weighted by Crippen LogP contribution is 2.29. The second kappa shape index (κ2) is 10.3. The van der Waals surface area contributed by atoms with E-state index in [0.29, 0.717) is 16.9 Å². The van der Waals surface area contributed by atoms with Crippen LogP contribution in [0.25, 0.3) is 22.3 Å². The topological polar surface area (TPSA) is 52.6 Å². The van der Waals surface area contributed by atoms with Gasteiger partial charge in [0.15, 0.2) is 0 Å². The van der Waals surface area contributed by atoms with Crippen molar-refractivity contribution in [1.82, 2.24) is 0 Å². The summed E-state index contributed by atoms with van der Waals surface area (Å²) in [6, 6.07) is 24.0. The standard InChI is InChI=1S/C30H30O4/c1-20(2)28(31)33-19-30(5,6)26-15-11-24(12-16-26)22-7-9-23(10-8-22)25-13-17-27(18-14-25)34-29(32)21(3)4/h7-18H,1,3,19H2,2,4-6H3. The number of esters is 2. The van der Waals surface area contributed by atoms with Gasteiger partial charge in [0.1, 0.15) is 12.4 Å². The molecule has 4 nitrogen and oxygen atoms in total. The van der Waals surface area contributed by atoms with E-state index in [1.165, 1.54) is 0 Å². The third-order valence-corrected chi connectivity index (χ3v) is 5.54. The second-order valence-corrected chi connectivity index (χ2v) is 9.09. The lowest BCUT2D eigenvalue weighted by Gasteiger charge is -2.25. The zero-order valence-corrected chi connectivity index (χ0v) is 20.2. The fourth-order valence-corrected chi connectivity index (χ4v) is 3.33. The Balaban J connectivity index is 1.69. The normalized spacial score (nSPS) is 10.9. The molecule has 0 saturated carbocycles. The molecule has 0 aliphatic carbocycles. The Kier molecular flexibility index (Phi) is 7.52. The molecule has 0 spiro atoms. The molecule has 0 aliphatic heterocycles. The monoisotopic (exact) mass is 454 g/mol. The van der Waals surface area contributed by atoms with Crippen molar-refractivity contribution in [1.29, 1.82) is 0 Å². The summed E-state index contributed by atoms with van der Waals surface area (Å²) in [5.41, 5.74) is 5.86. The van der Waals surface area contributed by atoms with Gasteiger partial charge in [0.05, 0.1) is 0 Å². The molecule has 0 bridgehead atoms. The smallest absolute Gasteiger partial charge is 0.338 e. The van der Waals surface area contributed by atoms with Gasteiger partial charge in [0, 0.05) is 16.6 Å². The number of carbonyl (C=O) groups is 2. The Morgan fingerprint density at radius 2 is 1.06 bits per heavy atom. The Morgan fingerprint density at radius 3 is 1.47 bits per heavy atom. The first-order valence-corrected chi connectivity index (χ1v) is 11.1. The van der Waals surface area contributed by atoms with Crippen LogP contribution >= 0.6 is 0 Å². The SMILES string of the molecule is C=C(C)C(=O)OCC(C)(C)c1ccc(-c2ccc(-c3ccc(OC(=O)C(=C)C)cc3)cc2)cc1. The molecular formula is C30H30O4. The number of benzene rings is 3. The van der Waals surface area contributed by atoms with Crippen LogP contribution in [0.1, 0.15) is 33.3 Å². The fraction of sp³-hybridized carbons (Fsp3) is 0.200. The van der Waals surface area contributed by atoms with Gasteiger partial charge in [-0.15, -0.1) is 0 Å². The van der Waals surface area contributed by atoms with Crippen LogP contribution in [0.4, 0.5) is 0 Å². The maximum absolute atomic E-state index is 11.7. The Labute approximate surface area is 201 Å². The lowest BCUT2D eigenvalue weighted by molar-refractivity contribution is -0.140. The van der Waals surface area contributed by atoms with Crippen molar-refractivity contribution in [2.24, 2.45) is 0 Å². The van der Waals surface area contributed by atoms with Crippen LogP contribution in [0.15, 0.2) is 97.1 Å². The lowest BCUT2D eigenvalue weighted by Crippen LogP contribution is -2.26. The average Bonchev–Trinajstić information content (AvgIpc) is 2.83. The van der Waals surface area contributed by atoms with Gasteiger partial charge in [0.2, 0.25) is 0 Å². The van der Waals surface area contributed by atoms with Crippen LogP contribution in [0.2, 0.25) is 0 Å². The van der Waals surface area contributed by atoms with E-state index in [2.05, 4.69) is 61.7 Å². The zero-order chi connectivity index (χ0) is 24.9. The zero-order valence-electron chi connectivity index (χ0n) is 20.2. The van der Waals surface area contributed by atoms with E-state index >= 15 is 0 Å². The second-order valence-electron chi connectivity index (χ2n) is 9.09. The minimum atomic E-state index is -0.431. The van der Waals surface area contributed by atoms with Crippen molar-refractivity contribution in [3.8, 4) is 28.0 Å². The van der Waals surface area contributed by atoms with Gasteiger partial charge in [-0.3, -0.25) is 0 Å². The summed E-state index contributed by atoms with van der Waals surface area (Å²) in [4.78, 5) is 23.4. The average molecular weight is 455 g/mol. The Hall–Kier alpha value is -3.92. The van der Waals surface area contributed by atoms with Crippen molar-refractivity contribution in [2.45, 2.75) is 33.1 Å². The van der Waals surface area contributed by atoms with Crippen LogP contribution in [0, 0.1) is 0 Å². The molecule has 0 aliphatic rings. The van der Waals surface area contributed by atoms with Gasteiger partial charge >= 0.3 is 11.9 Å². The molecule has 0 radical (unpaired) electrons. The summed E-state index contributed by atoms with van der Waals surface area (Å²) in [6.45, 7) is 14.9. The molecule has 4 heteroatoms. The molecule has 0 saturated heterocycles. The van der Waals surface area contributed by atoms with E-state index < -0.39 is 5.97 Å². The molecule has 34 heavy (non-hydrogen) atoms. The highest BCUT2D eigenvalue weighted by atomic mass is 16.5. The molecule has 3 rings (SSSR count). The van der Waals surface area contributed by atoms with Gasteiger partial charge in [-0.1, -0.05) is 87.7 Å². The van der Waals surface area contributed by atoms with Gasteiger partial charge < -0.3 is 9.47 Å². The number of hydrogen-bond donors (Lipinski definition) is 0. The highest BCUT2D eigenvalue weighted by Gasteiger charge is 2.23. The summed E-state index contributed by atoms with van der Waals surface area (Å²) < 4.78 is 10.6. The molecule has 0 unspecified atom stereocenters. The summed E-state index contributed by atoms with van der Waals surface area (Å²) in [5.74, 6) is -0.308. The lowest BCUT2D eigenvalue weighted by atomic mass is 9.84. The number of ether oxygens (including phenoxy) is 2. The van der Waals surface area contributed by atoms with Gasteiger partial charge in [-0.2, -0.15) is 0 Å². The minimum absolute atomic E-state index is 0.290. The van der Waals surface area contributed by atoms with Crippen molar-refractivity contribution < 1.29 is 19.1 Å².